The smallest absolute Gasteiger partial charge is 0.416 e. The molecule has 0 spiro atoms. The van der Waals surface area contributed by atoms with Crippen LogP contribution in [0.15, 0.2) is 69.1 Å². The Morgan fingerprint density at radius 3 is 2.33 bits per heavy atom. The molecule has 0 bridgehead atoms. The van der Waals surface area contributed by atoms with Crippen LogP contribution in [0.5, 0.6) is 11.5 Å². The highest BCUT2D eigenvalue weighted by molar-refractivity contribution is 9.11. The van der Waals surface area contributed by atoms with Crippen LogP contribution in [0.2, 0.25) is 5.02 Å². The maximum Gasteiger partial charge on any atom is 0.416 e. The summed E-state index contributed by atoms with van der Waals surface area (Å²) < 4.78 is 44.9. The molecule has 1 amide bonds. The summed E-state index contributed by atoms with van der Waals surface area (Å²) in [7, 11) is 0. The van der Waals surface area contributed by atoms with Crippen LogP contribution in [0.1, 0.15) is 11.1 Å². The molecule has 3 rings (SSSR count). The van der Waals surface area contributed by atoms with E-state index in [-0.39, 0.29) is 25.3 Å². The number of halogens is 6. The Hall–Kier alpha value is -3.40. The lowest BCUT2D eigenvalue weighted by molar-refractivity contribution is -0.385. The zero-order valence-electron chi connectivity index (χ0n) is 17.6. The van der Waals surface area contributed by atoms with Crippen molar-refractivity contribution in [2.75, 3.05) is 5.32 Å². The van der Waals surface area contributed by atoms with E-state index in [1.54, 1.807) is 30.3 Å². The first kappa shape index (κ1) is 27.2. The standard InChI is InChI=1S/C23H11Br2ClF3N3O4/c24-15-8-12(7-13(11-30)22(33)31-18-4-2-1-3-17(18)26)9-16(25)21(15)36-20-6-5-14(23(27,28)29)10-19(20)32(34)35/h1-10H,(H,31,33)/b13-7+. The van der Waals surface area contributed by atoms with Gasteiger partial charge in [-0.3, -0.25) is 14.9 Å². The fourth-order valence-corrected chi connectivity index (χ4v) is 4.43. The Kier molecular flexibility index (Phi) is 8.39. The van der Waals surface area contributed by atoms with Crippen molar-refractivity contribution in [3.8, 4) is 17.6 Å². The minimum atomic E-state index is -4.77. The summed E-state index contributed by atoms with van der Waals surface area (Å²) >= 11 is 12.5. The molecule has 0 aliphatic carbocycles. The van der Waals surface area contributed by atoms with Crippen LogP contribution in [-0.2, 0) is 11.0 Å². The number of alkyl halides is 3. The number of ether oxygens (including phenoxy) is 1. The number of carbonyl (C=O) groups excluding carboxylic acids is 1. The van der Waals surface area contributed by atoms with Crippen LogP contribution in [0.3, 0.4) is 0 Å². The molecule has 3 aromatic carbocycles. The van der Waals surface area contributed by atoms with Crippen LogP contribution in [0, 0.1) is 21.4 Å². The lowest BCUT2D eigenvalue weighted by Crippen LogP contribution is -2.13. The van der Waals surface area contributed by atoms with Gasteiger partial charge in [-0.1, -0.05) is 23.7 Å². The Morgan fingerprint density at radius 2 is 1.78 bits per heavy atom. The molecule has 0 aromatic heterocycles. The molecule has 36 heavy (non-hydrogen) atoms. The van der Waals surface area contributed by atoms with Crippen LogP contribution in [-0.4, -0.2) is 10.8 Å². The van der Waals surface area contributed by atoms with Crippen molar-refractivity contribution in [3.63, 3.8) is 0 Å². The van der Waals surface area contributed by atoms with Gasteiger partial charge in [-0.15, -0.1) is 0 Å². The summed E-state index contributed by atoms with van der Waals surface area (Å²) in [6, 6.07) is 13.1. The summed E-state index contributed by atoms with van der Waals surface area (Å²) in [5, 5.41) is 23.6. The van der Waals surface area contributed by atoms with E-state index >= 15 is 0 Å². The zero-order valence-corrected chi connectivity index (χ0v) is 21.5. The monoisotopic (exact) mass is 643 g/mol. The van der Waals surface area contributed by atoms with Crippen LogP contribution in [0.4, 0.5) is 24.5 Å². The number of rotatable bonds is 6. The molecule has 7 nitrogen and oxygen atoms in total. The van der Waals surface area contributed by atoms with E-state index in [0.717, 1.165) is 6.07 Å². The topological polar surface area (TPSA) is 105 Å². The molecule has 13 heteroatoms. The van der Waals surface area contributed by atoms with Crippen molar-refractivity contribution in [2.24, 2.45) is 0 Å². The maximum absolute atomic E-state index is 13.0. The summed E-state index contributed by atoms with van der Waals surface area (Å²) in [6.07, 6.45) is -3.49. The highest BCUT2D eigenvalue weighted by atomic mass is 79.9. The molecular formula is C23H11Br2ClF3N3O4. The molecule has 0 unspecified atom stereocenters. The quantitative estimate of drug-likeness (QED) is 0.126. The number of amides is 1. The van der Waals surface area contributed by atoms with Gasteiger partial charge in [0.2, 0.25) is 5.75 Å². The van der Waals surface area contributed by atoms with E-state index in [1.807, 2.05) is 0 Å². The highest BCUT2D eigenvalue weighted by Gasteiger charge is 2.33. The summed E-state index contributed by atoms with van der Waals surface area (Å²) in [4.78, 5) is 22.9. The number of anilines is 1. The van der Waals surface area contributed by atoms with E-state index in [9.17, 15) is 33.3 Å². The number of carbonyl (C=O) groups is 1. The van der Waals surface area contributed by atoms with Crippen molar-refractivity contribution in [1.82, 2.24) is 0 Å². The van der Waals surface area contributed by atoms with Gasteiger partial charge in [0.05, 0.1) is 30.1 Å². The molecule has 0 atom stereocenters. The Labute approximate surface area is 223 Å². The van der Waals surface area contributed by atoms with E-state index in [1.165, 1.54) is 18.2 Å². The van der Waals surface area contributed by atoms with Crippen molar-refractivity contribution in [3.05, 3.63) is 95.4 Å². The van der Waals surface area contributed by atoms with Crippen molar-refractivity contribution < 1.29 is 27.6 Å². The van der Waals surface area contributed by atoms with Crippen LogP contribution >= 0.6 is 43.5 Å². The third-order valence-corrected chi connectivity index (χ3v) is 6.02. The van der Waals surface area contributed by atoms with E-state index in [0.29, 0.717) is 23.4 Å². The molecule has 0 heterocycles. The van der Waals surface area contributed by atoms with E-state index in [4.69, 9.17) is 16.3 Å². The van der Waals surface area contributed by atoms with E-state index < -0.39 is 34.0 Å². The number of hydrogen-bond donors (Lipinski definition) is 1. The molecule has 3 aromatic rings. The summed E-state index contributed by atoms with van der Waals surface area (Å²) in [5.41, 5.74) is -1.64. The highest BCUT2D eigenvalue weighted by Crippen LogP contribution is 2.42. The van der Waals surface area contributed by atoms with Gasteiger partial charge >= 0.3 is 11.9 Å². The van der Waals surface area contributed by atoms with Gasteiger partial charge in [0.1, 0.15) is 11.6 Å². The number of nitrogens with one attached hydrogen (secondary N) is 1. The predicted molar refractivity (Wildman–Crippen MR) is 134 cm³/mol. The van der Waals surface area contributed by atoms with Crippen LogP contribution < -0.4 is 10.1 Å². The third kappa shape index (κ3) is 6.42. The minimum absolute atomic E-state index is 0.0223. The zero-order chi connectivity index (χ0) is 26.6. The molecule has 184 valence electrons. The molecule has 0 aliphatic heterocycles. The van der Waals surface area contributed by atoms with Gasteiger partial charge in [-0.05, 0) is 79.9 Å². The molecule has 0 fully saturated rings. The average molecular weight is 646 g/mol. The second-order valence-electron chi connectivity index (χ2n) is 6.96. The molecule has 0 saturated heterocycles. The Balaban J connectivity index is 1.92. The molecule has 1 N–H and O–H groups in total. The third-order valence-electron chi connectivity index (χ3n) is 4.51. The first-order valence-corrected chi connectivity index (χ1v) is 11.6. The second-order valence-corrected chi connectivity index (χ2v) is 9.07. The first-order chi connectivity index (χ1) is 16.9. The lowest BCUT2D eigenvalue weighted by atomic mass is 10.1. The average Bonchev–Trinajstić information content (AvgIpc) is 2.80. The number of hydrogen-bond acceptors (Lipinski definition) is 5. The van der Waals surface area contributed by atoms with Gasteiger partial charge in [0, 0.05) is 6.07 Å². The first-order valence-electron chi connectivity index (χ1n) is 9.61. The van der Waals surface area contributed by atoms with Gasteiger partial charge in [-0.25, -0.2) is 0 Å². The van der Waals surface area contributed by atoms with E-state index in [2.05, 4.69) is 37.2 Å². The van der Waals surface area contributed by atoms with Crippen molar-refractivity contribution in [2.45, 2.75) is 6.18 Å². The van der Waals surface area contributed by atoms with Crippen molar-refractivity contribution in [1.29, 1.82) is 5.26 Å². The normalized spacial score (nSPS) is 11.5. The van der Waals surface area contributed by atoms with Gasteiger partial charge in [0.15, 0.2) is 5.75 Å². The minimum Gasteiger partial charge on any atom is -0.448 e. The number of nitrogens with zero attached hydrogens (tertiary/aromatic N) is 2. The fraction of sp³-hybridized carbons (Fsp3) is 0.0435. The maximum atomic E-state index is 13.0. The fourth-order valence-electron chi connectivity index (χ4n) is 2.86. The number of benzene rings is 3. The summed E-state index contributed by atoms with van der Waals surface area (Å²) in [5.74, 6) is -1.11. The van der Waals surface area contributed by atoms with Crippen LogP contribution in [0.25, 0.3) is 6.08 Å². The molecule has 0 radical (unpaired) electrons. The predicted octanol–water partition coefficient (Wildman–Crippen LogP) is 8.13. The SMILES string of the molecule is N#C/C(=C\c1cc(Br)c(Oc2ccc(C(F)(F)F)cc2[N+](=O)[O-])c(Br)c1)C(=O)Nc1ccccc1Cl. The Bertz CT molecular complexity index is 1420. The number of nitro benzene ring substituents is 1. The lowest BCUT2D eigenvalue weighted by Gasteiger charge is -2.13. The van der Waals surface area contributed by atoms with Gasteiger partial charge in [-0.2, -0.15) is 18.4 Å². The Morgan fingerprint density at radius 1 is 1.14 bits per heavy atom. The largest absolute Gasteiger partial charge is 0.448 e. The molecular weight excluding hydrogens is 635 g/mol. The van der Waals surface area contributed by atoms with Gasteiger partial charge < -0.3 is 10.1 Å². The second kappa shape index (κ2) is 11.1. The molecule has 0 saturated carbocycles. The number of nitriles is 1. The van der Waals surface area contributed by atoms with Gasteiger partial charge in [0.25, 0.3) is 5.91 Å². The summed E-state index contributed by atoms with van der Waals surface area (Å²) in [6.45, 7) is 0. The number of para-hydroxylation sites is 1. The molecule has 0 aliphatic rings. The van der Waals surface area contributed by atoms with Crippen molar-refractivity contribution >= 4 is 66.8 Å². The number of nitro groups is 1.